The highest BCUT2D eigenvalue weighted by atomic mass is 19.1. The van der Waals surface area contributed by atoms with Crippen molar-refractivity contribution in [2.24, 2.45) is 0 Å². The second-order valence-electron chi connectivity index (χ2n) is 8.25. The first kappa shape index (κ1) is 20.8. The lowest BCUT2D eigenvalue weighted by atomic mass is 10.0. The summed E-state index contributed by atoms with van der Waals surface area (Å²) in [5.41, 5.74) is 6.21. The third-order valence-electron chi connectivity index (χ3n) is 5.85. The Kier molecular flexibility index (Phi) is 5.27. The summed E-state index contributed by atoms with van der Waals surface area (Å²) in [6, 6.07) is 28.6. The fourth-order valence-electron chi connectivity index (χ4n) is 4.15. The largest absolute Gasteiger partial charge is 0.361 e. The standard InChI is InChI=1S/C28H21FN6/c29-21-8-4-9-22(17-21)31-27-25-24(16-18-11-13-19(14-12-18)23-10-5-15-30-23)32-26(33-28(25)35-34-27)20-6-2-1-3-7-20/h1-15,17,30H,16H2,(H2,31,32,33,34,35). The molecule has 3 aromatic carbocycles. The van der Waals surface area contributed by atoms with Crippen LogP contribution in [0.3, 0.4) is 0 Å². The van der Waals surface area contributed by atoms with Gasteiger partial charge in [-0.15, -0.1) is 0 Å². The minimum absolute atomic E-state index is 0.316. The lowest BCUT2D eigenvalue weighted by molar-refractivity contribution is 0.628. The molecule has 0 spiro atoms. The van der Waals surface area contributed by atoms with Crippen LogP contribution in [0.25, 0.3) is 33.7 Å². The average Bonchev–Trinajstić information content (AvgIpc) is 3.56. The minimum atomic E-state index is -0.316. The molecule has 6 nitrogen and oxygen atoms in total. The fourth-order valence-corrected chi connectivity index (χ4v) is 4.15. The van der Waals surface area contributed by atoms with Crippen LogP contribution in [-0.4, -0.2) is 25.1 Å². The summed E-state index contributed by atoms with van der Waals surface area (Å²) in [4.78, 5) is 12.9. The summed E-state index contributed by atoms with van der Waals surface area (Å²) >= 11 is 0. The number of nitrogens with zero attached hydrogens (tertiary/aromatic N) is 3. The van der Waals surface area contributed by atoms with Crippen molar-refractivity contribution in [3.63, 3.8) is 0 Å². The minimum Gasteiger partial charge on any atom is -0.361 e. The van der Waals surface area contributed by atoms with E-state index >= 15 is 0 Å². The number of anilines is 2. The molecule has 0 saturated heterocycles. The molecule has 6 aromatic rings. The molecule has 7 heteroatoms. The van der Waals surface area contributed by atoms with Gasteiger partial charge in [0.15, 0.2) is 11.5 Å². The van der Waals surface area contributed by atoms with Crippen molar-refractivity contribution < 1.29 is 4.39 Å². The van der Waals surface area contributed by atoms with Crippen LogP contribution in [0.2, 0.25) is 0 Å². The predicted molar refractivity (Wildman–Crippen MR) is 136 cm³/mol. The van der Waals surface area contributed by atoms with E-state index < -0.39 is 0 Å². The number of aromatic amines is 2. The summed E-state index contributed by atoms with van der Waals surface area (Å²) < 4.78 is 13.8. The normalized spacial score (nSPS) is 11.1. The zero-order chi connectivity index (χ0) is 23.6. The van der Waals surface area contributed by atoms with Gasteiger partial charge in [-0.2, -0.15) is 5.10 Å². The van der Waals surface area contributed by atoms with Gasteiger partial charge in [-0.1, -0.05) is 60.7 Å². The molecule has 0 atom stereocenters. The van der Waals surface area contributed by atoms with Gasteiger partial charge in [0.05, 0.1) is 11.1 Å². The molecule has 3 heterocycles. The zero-order valence-corrected chi connectivity index (χ0v) is 18.7. The van der Waals surface area contributed by atoms with E-state index in [1.165, 1.54) is 12.1 Å². The molecule has 0 unspecified atom stereocenters. The highest BCUT2D eigenvalue weighted by Gasteiger charge is 2.17. The molecule has 0 fully saturated rings. The Bertz CT molecular complexity index is 1590. The van der Waals surface area contributed by atoms with Crippen LogP contribution in [0, 0.1) is 5.82 Å². The predicted octanol–water partition coefficient (Wildman–Crippen LogP) is 6.49. The topological polar surface area (TPSA) is 82.3 Å². The Labute approximate surface area is 200 Å². The number of fused-ring (bicyclic) bond motifs is 1. The monoisotopic (exact) mass is 460 g/mol. The maximum absolute atomic E-state index is 13.8. The van der Waals surface area contributed by atoms with Gasteiger partial charge in [0.25, 0.3) is 0 Å². The lowest BCUT2D eigenvalue weighted by Crippen LogP contribution is -2.00. The maximum atomic E-state index is 13.8. The molecule has 35 heavy (non-hydrogen) atoms. The SMILES string of the molecule is Fc1cccc(Nc2[nH]nc3nc(-c4ccccc4)nc(Cc4ccc(-c5ccc[nH]5)cc4)c23)c1. The van der Waals surface area contributed by atoms with Gasteiger partial charge >= 0.3 is 0 Å². The molecule has 0 amide bonds. The smallest absolute Gasteiger partial charge is 0.187 e. The molecule has 0 radical (unpaired) electrons. The number of nitrogens with one attached hydrogen (secondary N) is 3. The lowest BCUT2D eigenvalue weighted by Gasteiger charge is -2.10. The molecule has 0 aliphatic heterocycles. The van der Waals surface area contributed by atoms with E-state index in [0.29, 0.717) is 29.4 Å². The van der Waals surface area contributed by atoms with Crippen molar-refractivity contribution in [2.75, 3.05) is 5.32 Å². The average molecular weight is 461 g/mol. The van der Waals surface area contributed by atoms with Gasteiger partial charge in [0.1, 0.15) is 11.6 Å². The van der Waals surface area contributed by atoms with E-state index in [1.54, 1.807) is 12.1 Å². The highest BCUT2D eigenvalue weighted by Crippen LogP contribution is 2.30. The summed E-state index contributed by atoms with van der Waals surface area (Å²) in [5.74, 6) is 0.923. The van der Waals surface area contributed by atoms with E-state index in [2.05, 4.69) is 44.8 Å². The Balaban J connectivity index is 1.42. The van der Waals surface area contributed by atoms with Crippen molar-refractivity contribution in [3.05, 3.63) is 114 Å². The Morgan fingerprint density at radius 1 is 0.800 bits per heavy atom. The summed E-state index contributed by atoms with van der Waals surface area (Å²) in [5, 5.41) is 11.5. The second-order valence-corrected chi connectivity index (χ2v) is 8.25. The van der Waals surface area contributed by atoms with Crippen LogP contribution < -0.4 is 5.32 Å². The Morgan fingerprint density at radius 3 is 2.43 bits per heavy atom. The van der Waals surface area contributed by atoms with Crippen molar-refractivity contribution in [2.45, 2.75) is 6.42 Å². The van der Waals surface area contributed by atoms with Gasteiger partial charge in [-0.3, -0.25) is 5.10 Å². The Hall–Kier alpha value is -4.78. The first-order valence-electron chi connectivity index (χ1n) is 11.3. The highest BCUT2D eigenvalue weighted by molar-refractivity contribution is 5.92. The number of halogens is 1. The molecular formula is C28H21FN6. The van der Waals surface area contributed by atoms with Crippen molar-refractivity contribution in [1.29, 1.82) is 0 Å². The maximum Gasteiger partial charge on any atom is 0.187 e. The first-order chi connectivity index (χ1) is 17.2. The summed E-state index contributed by atoms with van der Waals surface area (Å²) in [6.07, 6.45) is 2.50. The molecule has 0 saturated carbocycles. The number of benzene rings is 3. The van der Waals surface area contributed by atoms with Crippen LogP contribution in [0.5, 0.6) is 0 Å². The van der Waals surface area contributed by atoms with Crippen molar-refractivity contribution in [1.82, 2.24) is 25.1 Å². The molecule has 6 rings (SSSR count). The van der Waals surface area contributed by atoms with Crippen LogP contribution in [-0.2, 0) is 6.42 Å². The summed E-state index contributed by atoms with van der Waals surface area (Å²) in [6.45, 7) is 0. The molecular weight excluding hydrogens is 439 g/mol. The first-order valence-corrected chi connectivity index (χ1v) is 11.3. The third kappa shape index (κ3) is 4.27. The third-order valence-corrected chi connectivity index (χ3v) is 5.85. The van der Waals surface area contributed by atoms with Gasteiger partial charge < -0.3 is 10.3 Å². The molecule has 170 valence electrons. The molecule has 0 aliphatic carbocycles. The van der Waals surface area contributed by atoms with E-state index in [4.69, 9.17) is 9.97 Å². The zero-order valence-electron chi connectivity index (χ0n) is 18.7. The molecule has 0 aliphatic rings. The Morgan fingerprint density at radius 2 is 1.66 bits per heavy atom. The van der Waals surface area contributed by atoms with Gasteiger partial charge in [0, 0.05) is 29.6 Å². The van der Waals surface area contributed by atoms with Crippen LogP contribution in [0.15, 0.2) is 97.2 Å². The number of H-pyrrole nitrogens is 2. The molecule has 3 N–H and O–H groups in total. The summed E-state index contributed by atoms with van der Waals surface area (Å²) in [7, 11) is 0. The second kappa shape index (κ2) is 8.87. The van der Waals surface area contributed by atoms with Crippen LogP contribution >= 0.6 is 0 Å². The van der Waals surface area contributed by atoms with Crippen LogP contribution in [0.4, 0.5) is 15.9 Å². The van der Waals surface area contributed by atoms with Crippen molar-refractivity contribution in [3.8, 4) is 22.6 Å². The number of hydrogen-bond acceptors (Lipinski definition) is 4. The molecule has 3 aromatic heterocycles. The number of rotatable bonds is 6. The van der Waals surface area contributed by atoms with E-state index in [1.807, 2.05) is 48.7 Å². The van der Waals surface area contributed by atoms with Crippen molar-refractivity contribution >= 4 is 22.5 Å². The number of hydrogen-bond donors (Lipinski definition) is 3. The molecule has 0 bridgehead atoms. The number of aromatic nitrogens is 5. The van der Waals surface area contributed by atoms with Crippen LogP contribution in [0.1, 0.15) is 11.3 Å². The van der Waals surface area contributed by atoms with Gasteiger partial charge in [-0.25, -0.2) is 14.4 Å². The quantitative estimate of drug-likeness (QED) is 0.265. The van der Waals surface area contributed by atoms with E-state index in [0.717, 1.165) is 33.5 Å². The van der Waals surface area contributed by atoms with E-state index in [-0.39, 0.29) is 5.82 Å². The fraction of sp³-hybridized carbons (Fsp3) is 0.0357. The van der Waals surface area contributed by atoms with E-state index in [9.17, 15) is 4.39 Å². The van der Waals surface area contributed by atoms with Gasteiger partial charge in [0.2, 0.25) is 0 Å². The van der Waals surface area contributed by atoms with Gasteiger partial charge in [-0.05, 0) is 41.5 Å².